The van der Waals surface area contributed by atoms with Gasteiger partial charge >= 0.3 is 8.80 Å². The molecule has 0 bridgehead atoms. The van der Waals surface area contributed by atoms with E-state index < -0.39 is 14.5 Å². The first-order valence-electron chi connectivity index (χ1n) is 7.82. The minimum absolute atomic E-state index is 0.570. The number of hydrogen-bond acceptors (Lipinski definition) is 4. The largest absolute Gasteiger partial charge is 0.502 e. The fourth-order valence-corrected chi connectivity index (χ4v) is 5.30. The molecule has 5 heteroatoms. The molecule has 1 aromatic carbocycles. The van der Waals surface area contributed by atoms with Gasteiger partial charge in [0.25, 0.3) is 0 Å². The van der Waals surface area contributed by atoms with Gasteiger partial charge in [-0.15, -0.1) is 0 Å². The van der Waals surface area contributed by atoms with E-state index in [9.17, 15) is 0 Å². The highest BCUT2D eigenvalue weighted by molar-refractivity contribution is 6.60. The number of nitrogens with two attached hydrogens (primary N) is 1. The molecular weight excluding hydrogens is 282 g/mol. The van der Waals surface area contributed by atoms with E-state index in [1.807, 2.05) is 51.1 Å². The third kappa shape index (κ3) is 5.52. The van der Waals surface area contributed by atoms with Crippen LogP contribution in [0.5, 0.6) is 0 Å². The molecule has 0 spiro atoms. The quantitative estimate of drug-likeness (QED) is 0.529. The normalized spacial score (nSPS) is 14.9. The Hall–Kier alpha value is -0.723. The molecule has 1 rings (SSSR count). The number of unbranched alkanes of at least 4 members (excludes halogenated alkanes) is 1. The third-order valence-electron chi connectivity index (χ3n) is 3.28. The zero-order valence-electron chi connectivity index (χ0n) is 13.7. The summed E-state index contributed by atoms with van der Waals surface area (Å²) in [5.74, 6) is 0. The maximum absolute atomic E-state index is 6.41. The topological polar surface area (TPSA) is 53.7 Å². The van der Waals surface area contributed by atoms with Gasteiger partial charge in [-0.05, 0) is 32.8 Å². The zero-order chi connectivity index (χ0) is 15.8. The third-order valence-corrected chi connectivity index (χ3v) is 6.44. The Bertz CT molecular complexity index is 392. The predicted molar refractivity (Wildman–Crippen MR) is 87.8 cm³/mol. The molecule has 1 atom stereocenters. The van der Waals surface area contributed by atoms with Crippen molar-refractivity contribution in [2.45, 2.75) is 52.3 Å². The van der Waals surface area contributed by atoms with Crippen LogP contribution in [0.4, 0.5) is 0 Å². The lowest BCUT2D eigenvalue weighted by atomic mass is 10.1. The summed E-state index contributed by atoms with van der Waals surface area (Å²) < 4.78 is 18.2. The van der Waals surface area contributed by atoms with E-state index in [0.717, 1.165) is 24.4 Å². The number of hydrogen-bond donors (Lipinski definition) is 1. The molecule has 0 aromatic heterocycles. The Morgan fingerprint density at radius 2 is 1.62 bits per heavy atom. The molecule has 0 aliphatic rings. The summed E-state index contributed by atoms with van der Waals surface area (Å²) in [5, 5.41) is 0. The molecule has 0 aliphatic carbocycles. The average molecular weight is 311 g/mol. The summed E-state index contributed by atoms with van der Waals surface area (Å²) in [6.45, 7) is 9.09. The van der Waals surface area contributed by atoms with E-state index in [0.29, 0.717) is 13.2 Å². The first-order chi connectivity index (χ1) is 9.99. The second-order valence-electron chi connectivity index (χ2n) is 5.23. The molecule has 1 aromatic rings. The van der Waals surface area contributed by atoms with Gasteiger partial charge in [-0.2, -0.15) is 0 Å². The Labute approximate surface area is 130 Å². The van der Waals surface area contributed by atoms with Crippen LogP contribution in [0.15, 0.2) is 30.3 Å². The molecule has 0 saturated carbocycles. The van der Waals surface area contributed by atoms with E-state index in [4.69, 9.17) is 19.0 Å². The van der Waals surface area contributed by atoms with E-state index in [2.05, 4.69) is 6.92 Å². The molecule has 0 amide bonds. The molecular formula is C16H29NO3Si. The summed E-state index contributed by atoms with van der Waals surface area (Å²) in [7, 11) is -2.76. The predicted octanol–water partition coefficient (Wildman–Crippen LogP) is 3.65. The van der Waals surface area contributed by atoms with Crippen LogP contribution in [0, 0.1) is 0 Å². The van der Waals surface area contributed by atoms with Crippen LogP contribution >= 0.6 is 0 Å². The summed E-state index contributed by atoms with van der Waals surface area (Å²) in [6.07, 6.45) is 2.09. The fraction of sp³-hybridized carbons (Fsp3) is 0.625. The van der Waals surface area contributed by atoms with Crippen molar-refractivity contribution in [2.24, 2.45) is 5.73 Å². The Morgan fingerprint density at radius 3 is 2.10 bits per heavy atom. The molecule has 2 N–H and O–H groups in total. The van der Waals surface area contributed by atoms with Crippen molar-refractivity contribution in [3.05, 3.63) is 35.9 Å². The lowest BCUT2D eigenvalue weighted by molar-refractivity contribution is -0.0203. The van der Waals surface area contributed by atoms with Crippen LogP contribution in [0.1, 0.15) is 46.1 Å². The van der Waals surface area contributed by atoms with Crippen molar-refractivity contribution in [1.82, 2.24) is 0 Å². The van der Waals surface area contributed by atoms with Crippen LogP contribution in [0.2, 0.25) is 6.04 Å². The average Bonchev–Trinajstić information content (AvgIpc) is 2.46. The standard InChI is InChI=1S/C16H29NO3Si/c1-5-8-14-21(18-6-2,19-7-3)20-16(4,17)15-12-10-9-11-13-15/h9-13H,5-8,14,17H2,1-4H3. The first kappa shape index (κ1) is 18.3. The van der Waals surface area contributed by atoms with Gasteiger partial charge in [0.2, 0.25) is 0 Å². The molecule has 1 unspecified atom stereocenters. The van der Waals surface area contributed by atoms with Crippen molar-refractivity contribution >= 4 is 8.80 Å². The van der Waals surface area contributed by atoms with Crippen LogP contribution in [-0.2, 0) is 19.0 Å². The number of rotatable bonds is 10. The number of benzene rings is 1. The van der Waals surface area contributed by atoms with Gasteiger partial charge in [0, 0.05) is 19.3 Å². The monoisotopic (exact) mass is 311 g/mol. The SMILES string of the molecule is CCCC[Si](OCC)(OCC)OC(C)(N)c1ccccc1. The molecule has 4 nitrogen and oxygen atoms in total. The van der Waals surface area contributed by atoms with Crippen molar-refractivity contribution in [3.63, 3.8) is 0 Å². The maximum atomic E-state index is 6.41. The minimum Gasteiger partial charge on any atom is -0.374 e. The first-order valence-corrected chi connectivity index (χ1v) is 9.75. The summed E-state index contributed by atoms with van der Waals surface area (Å²) >= 11 is 0. The summed E-state index contributed by atoms with van der Waals surface area (Å²) in [6, 6.07) is 10.6. The Kier molecular flexibility index (Phi) is 7.55. The molecule has 120 valence electrons. The highest BCUT2D eigenvalue weighted by Gasteiger charge is 2.45. The van der Waals surface area contributed by atoms with Crippen LogP contribution in [0.3, 0.4) is 0 Å². The lowest BCUT2D eigenvalue weighted by Gasteiger charge is -2.37. The van der Waals surface area contributed by atoms with Crippen molar-refractivity contribution < 1.29 is 13.3 Å². The van der Waals surface area contributed by atoms with Gasteiger partial charge in [-0.25, -0.2) is 0 Å². The smallest absolute Gasteiger partial charge is 0.374 e. The Balaban J connectivity index is 2.96. The highest BCUT2D eigenvalue weighted by atomic mass is 28.4. The minimum atomic E-state index is -2.76. The molecule has 0 fully saturated rings. The van der Waals surface area contributed by atoms with Gasteiger partial charge in [0.1, 0.15) is 5.72 Å². The maximum Gasteiger partial charge on any atom is 0.502 e. The van der Waals surface area contributed by atoms with Gasteiger partial charge in [0.15, 0.2) is 0 Å². The van der Waals surface area contributed by atoms with E-state index in [-0.39, 0.29) is 0 Å². The van der Waals surface area contributed by atoms with Crippen molar-refractivity contribution in [3.8, 4) is 0 Å². The van der Waals surface area contributed by atoms with Crippen LogP contribution in [0.25, 0.3) is 0 Å². The highest BCUT2D eigenvalue weighted by Crippen LogP contribution is 2.29. The summed E-state index contributed by atoms with van der Waals surface area (Å²) in [4.78, 5) is 0. The summed E-state index contributed by atoms with van der Waals surface area (Å²) in [5.41, 5.74) is 6.43. The van der Waals surface area contributed by atoms with Crippen LogP contribution in [-0.4, -0.2) is 22.0 Å². The van der Waals surface area contributed by atoms with Crippen molar-refractivity contribution in [2.75, 3.05) is 13.2 Å². The molecule has 0 heterocycles. The molecule has 0 saturated heterocycles. The van der Waals surface area contributed by atoms with E-state index in [1.54, 1.807) is 0 Å². The fourth-order valence-electron chi connectivity index (χ4n) is 2.28. The molecule has 0 radical (unpaired) electrons. The van der Waals surface area contributed by atoms with Gasteiger partial charge in [0.05, 0.1) is 0 Å². The van der Waals surface area contributed by atoms with Crippen molar-refractivity contribution in [1.29, 1.82) is 0 Å². The Morgan fingerprint density at radius 1 is 1.05 bits per heavy atom. The van der Waals surface area contributed by atoms with Crippen LogP contribution < -0.4 is 5.73 Å². The van der Waals surface area contributed by atoms with Gasteiger partial charge in [-0.3, -0.25) is 0 Å². The van der Waals surface area contributed by atoms with E-state index >= 15 is 0 Å². The second-order valence-corrected chi connectivity index (χ2v) is 7.88. The van der Waals surface area contributed by atoms with Gasteiger partial charge in [-0.1, -0.05) is 43.7 Å². The lowest BCUT2D eigenvalue weighted by Crippen LogP contribution is -2.54. The second kappa shape index (κ2) is 8.65. The molecule has 21 heavy (non-hydrogen) atoms. The van der Waals surface area contributed by atoms with E-state index in [1.165, 1.54) is 0 Å². The zero-order valence-corrected chi connectivity index (χ0v) is 14.7. The van der Waals surface area contributed by atoms with Gasteiger partial charge < -0.3 is 19.0 Å². The molecule has 0 aliphatic heterocycles.